The van der Waals surface area contributed by atoms with Gasteiger partial charge in [0.15, 0.2) is 6.61 Å². The number of nitrogens with zero attached hydrogens (tertiary/aromatic N) is 1. The van der Waals surface area contributed by atoms with Gasteiger partial charge in [-0.25, -0.2) is 0 Å². The fraction of sp³-hybridized carbons (Fsp3) is 0.529. The highest BCUT2D eigenvalue weighted by molar-refractivity contribution is 5.80. The van der Waals surface area contributed by atoms with Crippen LogP contribution in [-0.2, 0) is 9.59 Å². The van der Waals surface area contributed by atoms with Crippen molar-refractivity contribution in [2.24, 2.45) is 11.8 Å². The van der Waals surface area contributed by atoms with Gasteiger partial charge in [-0.3, -0.25) is 9.59 Å². The molecule has 1 aromatic rings. The predicted octanol–water partition coefficient (Wildman–Crippen LogP) is 2.37. The van der Waals surface area contributed by atoms with E-state index in [9.17, 15) is 9.59 Å². The highest BCUT2D eigenvalue weighted by Crippen LogP contribution is 2.24. The first-order chi connectivity index (χ1) is 10.4. The Bertz CT molecular complexity index is 555. The van der Waals surface area contributed by atoms with E-state index in [1.54, 1.807) is 4.90 Å². The Balaban J connectivity index is 1.91. The number of hydrogen-bond donors (Lipinski definition) is 1. The minimum absolute atomic E-state index is 0.0225. The van der Waals surface area contributed by atoms with Crippen molar-refractivity contribution < 1.29 is 19.4 Å². The lowest BCUT2D eigenvalue weighted by atomic mass is 9.99. The standard InChI is InChI=1S/C17H23NO4/c1-11(2)13-5-4-6-14(7-13)22-10-16(19)18-8-12(3)15(9-18)17(20)21/h4-7,11-12,15H,8-10H2,1-3H3,(H,20,21)/t12-,15-/m1/s1. The largest absolute Gasteiger partial charge is 0.484 e. The average molecular weight is 305 g/mol. The summed E-state index contributed by atoms with van der Waals surface area (Å²) in [7, 11) is 0. The fourth-order valence-electron chi connectivity index (χ4n) is 2.69. The maximum atomic E-state index is 12.2. The highest BCUT2D eigenvalue weighted by atomic mass is 16.5. The van der Waals surface area contributed by atoms with E-state index in [0.29, 0.717) is 18.2 Å². The third kappa shape index (κ3) is 3.78. The molecule has 0 spiro atoms. The van der Waals surface area contributed by atoms with Crippen molar-refractivity contribution in [2.45, 2.75) is 26.7 Å². The third-order valence-electron chi connectivity index (χ3n) is 4.17. The number of amides is 1. The molecule has 2 rings (SSSR count). The van der Waals surface area contributed by atoms with Crippen LogP contribution in [0.1, 0.15) is 32.3 Å². The Morgan fingerprint density at radius 3 is 2.68 bits per heavy atom. The molecule has 5 nitrogen and oxygen atoms in total. The van der Waals surface area contributed by atoms with Crippen molar-refractivity contribution in [1.29, 1.82) is 0 Å². The van der Waals surface area contributed by atoms with Crippen LogP contribution in [0.2, 0.25) is 0 Å². The SMILES string of the molecule is CC(C)c1cccc(OCC(=O)N2C[C@@H](C)[C@H](C(=O)O)C2)c1. The van der Waals surface area contributed by atoms with Crippen molar-refractivity contribution in [3.05, 3.63) is 29.8 Å². The van der Waals surface area contributed by atoms with Gasteiger partial charge in [0.2, 0.25) is 0 Å². The summed E-state index contributed by atoms with van der Waals surface area (Å²) in [6.07, 6.45) is 0. The maximum Gasteiger partial charge on any atom is 0.308 e. The number of carboxylic acids is 1. The Morgan fingerprint density at radius 2 is 2.09 bits per heavy atom. The molecular formula is C17H23NO4. The first-order valence-electron chi connectivity index (χ1n) is 7.61. The Morgan fingerprint density at radius 1 is 1.36 bits per heavy atom. The molecule has 0 bridgehead atoms. The first-order valence-corrected chi connectivity index (χ1v) is 7.61. The Labute approximate surface area is 130 Å². The minimum atomic E-state index is -0.839. The van der Waals surface area contributed by atoms with Gasteiger partial charge in [-0.05, 0) is 29.5 Å². The molecule has 1 heterocycles. The summed E-state index contributed by atoms with van der Waals surface area (Å²) >= 11 is 0. The van der Waals surface area contributed by atoms with Crippen LogP contribution in [0.5, 0.6) is 5.75 Å². The molecule has 22 heavy (non-hydrogen) atoms. The predicted molar refractivity (Wildman–Crippen MR) is 82.9 cm³/mol. The zero-order valence-electron chi connectivity index (χ0n) is 13.3. The number of ether oxygens (including phenoxy) is 1. The lowest BCUT2D eigenvalue weighted by Gasteiger charge is -2.16. The topological polar surface area (TPSA) is 66.8 Å². The van der Waals surface area contributed by atoms with E-state index >= 15 is 0 Å². The van der Waals surface area contributed by atoms with Gasteiger partial charge >= 0.3 is 5.97 Å². The van der Waals surface area contributed by atoms with Gasteiger partial charge < -0.3 is 14.7 Å². The van der Waals surface area contributed by atoms with E-state index in [4.69, 9.17) is 9.84 Å². The first kappa shape index (κ1) is 16.3. The van der Waals surface area contributed by atoms with E-state index in [1.165, 1.54) is 0 Å². The second-order valence-electron chi connectivity index (χ2n) is 6.24. The molecule has 1 amide bonds. The van der Waals surface area contributed by atoms with Gasteiger partial charge in [0.25, 0.3) is 5.91 Å². The van der Waals surface area contributed by atoms with Gasteiger partial charge in [-0.15, -0.1) is 0 Å². The zero-order chi connectivity index (χ0) is 16.3. The van der Waals surface area contributed by atoms with Crippen molar-refractivity contribution in [3.63, 3.8) is 0 Å². The van der Waals surface area contributed by atoms with Crippen LogP contribution in [0, 0.1) is 11.8 Å². The number of carbonyl (C=O) groups is 2. The van der Waals surface area contributed by atoms with Gasteiger partial charge in [0.1, 0.15) is 5.75 Å². The van der Waals surface area contributed by atoms with Crippen molar-refractivity contribution in [2.75, 3.05) is 19.7 Å². The van der Waals surface area contributed by atoms with Crippen LogP contribution in [0.4, 0.5) is 0 Å². The van der Waals surface area contributed by atoms with Crippen LogP contribution < -0.4 is 4.74 Å². The van der Waals surface area contributed by atoms with Gasteiger partial charge in [-0.2, -0.15) is 0 Å². The molecule has 0 radical (unpaired) electrons. The summed E-state index contributed by atoms with van der Waals surface area (Å²) in [5, 5.41) is 9.10. The normalized spacial score (nSPS) is 21.2. The summed E-state index contributed by atoms with van der Waals surface area (Å²) in [4.78, 5) is 24.8. The van der Waals surface area contributed by atoms with E-state index in [-0.39, 0.29) is 25.0 Å². The Kier molecular flexibility index (Phi) is 5.06. The van der Waals surface area contributed by atoms with Gasteiger partial charge in [0.05, 0.1) is 5.92 Å². The molecular weight excluding hydrogens is 282 g/mol. The van der Waals surface area contributed by atoms with E-state index in [1.807, 2.05) is 31.2 Å². The highest BCUT2D eigenvalue weighted by Gasteiger charge is 2.36. The lowest BCUT2D eigenvalue weighted by Crippen LogP contribution is -2.33. The molecule has 0 aromatic heterocycles. The second kappa shape index (κ2) is 6.81. The number of carbonyl (C=O) groups excluding carboxylic acids is 1. The smallest absolute Gasteiger partial charge is 0.308 e. The van der Waals surface area contributed by atoms with E-state index in [0.717, 1.165) is 5.56 Å². The number of hydrogen-bond acceptors (Lipinski definition) is 3. The molecule has 1 aliphatic rings. The summed E-state index contributed by atoms with van der Waals surface area (Å²) in [6, 6.07) is 7.70. The summed E-state index contributed by atoms with van der Waals surface area (Å²) in [5.74, 6) is -0.436. The molecule has 0 aliphatic carbocycles. The Hall–Kier alpha value is -2.04. The monoisotopic (exact) mass is 305 g/mol. The molecule has 1 aromatic carbocycles. The van der Waals surface area contributed by atoms with Crippen molar-refractivity contribution >= 4 is 11.9 Å². The average Bonchev–Trinajstić information content (AvgIpc) is 2.87. The number of carboxylic acid groups (broad SMARTS) is 1. The zero-order valence-corrected chi connectivity index (χ0v) is 13.3. The van der Waals surface area contributed by atoms with Crippen molar-refractivity contribution in [3.8, 4) is 5.75 Å². The molecule has 1 fully saturated rings. The summed E-state index contributed by atoms with van der Waals surface area (Å²) in [6.45, 7) is 6.75. The molecule has 0 saturated carbocycles. The maximum absolute atomic E-state index is 12.2. The van der Waals surface area contributed by atoms with Gasteiger partial charge in [-0.1, -0.05) is 32.9 Å². The quantitative estimate of drug-likeness (QED) is 0.907. The fourth-order valence-corrected chi connectivity index (χ4v) is 2.69. The van der Waals surface area contributed by atoms with Crippen LogP contribution in [0.3, 0.4) is 0 Å². The molecule has 5 heteroatoms. The van der Waals surface area contributed by atoms with Crippen molar-refractivity contribution in [1.82, 2.24) is 4.90 Å². The third-order valence-corrected chi connectivity index (χ3v) is 4.17. The molecule has 0 unspecified atom stereocenters. The molecule has 2 atom stereocenters. The summed E-state index contributed by atoms with van der Waals surface area (Å²) in [5.41, 5.74) is 1.16. The molecule has 1 saturated heterocycles. The number of rotatable bonds is 5. The van der Waals surface area contributed by atoms with E-state index < -0.39 is 11.9 Å². The number of aliphatic carboxylic acids is 1. The van der Waals surface area contributed by atoms with Crippen LogP contribution in [-0.4, -0.2) is 41.6 Å². The molecule has 120 valence electrons. The molecule has 1 N–H and O–H groups in total. The van der Waals surface area contributed by atoms with Crippen LogP contribution in [0.15, 0.2) is 24.3 Å². The molecule has 1 aliphatic heterocycles. The second-order valence-corrected chi connectivity index (χ2v) is 6.24. The van der Waals surface area contributed by atoms with Gasteiger partial charge in [0, 0.05) is 13.1 Å². The number of likely N-dealkylation sites (tertiary alicyclic amines) is 1. The minimum Gasteiger partial charge on any atom is -0.484 e. The number of benzene rings is 1. The lowest BCUT2D eigenvalue weighted by molar-refractivity contribution is -0.142. The van der Waals surface area contributed by atoms with Crippen LogP contribution in [0.25, 0.3) is 0 Å². The summed E-state index contributed by atoms with van der Waals surface area (Å²) < 4.78 is 5.56. The van der Waals surface area contributed by atoms with Crippen LogP contribution >= 0.6 is 0 Å². The van der Waals surface area contributed by atoms with E-state index in [2.05, 4.69) is 13.8 Å².